The molecular weight excluding hydrogens is 242 g/mol. The standard InChI is InChI=1S/C15H29NO3/c1-4-6-7-8-9-10-11-12-13-14(16-18-3)15(17)19-5-2/h4-13H2,1-3H3/b16-14+. The molecular formula is C15H29NO3. The Kier molecular flexibility index (Phi) is 12.6. The van der Waals surface area contributed by atoms with Crippen LogP contribution in [-0.4, -0.2) is 25.4 Å². The second-order valence-corrected chi connectivity index (χ2v) is 4.67. The van der Waals surface area contributed by atoms with Crippen LogP contribution in [0, 0.1) is 0 Å². The summed E-state index contributed by atoms with van der Waals surface area (Å²) in [5, 5.41) is 3.74. The molecule has 0 bridgehead atoms. The first-order valence-corrected chi connectivity index (χ1v) is 7.53. The van der Waals surface area contributed by atoms with Gasteiger partial charge < -0.3 is 9.57 Å². The molecule has 4 heteroatoms. The van der Waals surface area contributed by atoms with Crippen molar-refractivity contribution in [3.63, 3.8) is 0 Å². The first kappa shape index (κ1) is 17.9. The van der Waals surface area contributed by atoms with E-state index in [1.165, 1.54) is 45.6 Å². The number of oxime groups is 1. The molecule has 0 aromatic carbocycles. The summed E-state index contributed by atoms with van der Waals surface area (Å²) in [6.07, 6.45) is 10.6. The number of ether oxygens (including phenoxy) is 1. The number of hydrogen-bond donors (Lipinski definition) is 0. The summed E-state index contributed by atoms with van der Waals surface area (Å²) in [6.45, 7) is 4.39. The van der Waals surface area contributed by atoms with Crippen molar-refractivity contribution in [3.05, 3.63) is 0 Å². The molecule has 0 aromatic rings. The van der Waals surface area contributed by atoms with E-state index in [4.69, 9.17) is 4.74 Å². The number of esters is 1. The zero-order chi connectivity index (χ0) is 14.3. The fraction of sp³-hybridized carbons (Fsp3) is 0.867. The first-order chi connectivity index (χ1) is 9.26. The van der Waals surface area contributed by atoms with Crippen LogP contribution in [0.4, 0.5) is 0 Å². The molecule has 0 aliphatic rings. The van der Waals surface area contributed by atoms with Gasteiger partial charge in [0.2, 0.25) is 0 Å². The number of rotatable bonds is 12. The minimum absolute atomic E-state index is 0.354. The van der Waals surface area contributed by atoms with Crippen molar-refractivity contribution < 1.29 is 14.4 Å². The average Bonchev–Trinajstić information content (AvgIpc) is 2.40. The summed E-state index contributed by atoms with van der Waals surface area (Å²) >= 11 is 0. The molecule has 0 saturated heterocycles. The smallest absolute Gasteiger partial charge is 0.356 e. The highest BCUT2D eigenvalue weighted by molar-refractivity contribution is 6.36. The van der Waals surface area contributed by atoms with Crippen LogP contribution >= 0.6 is 0 Å². The Bertz CT molecular complexity index is 252. The number of unbranched alkanes of at least 4 members (excludes halogenated alkanes) is 7. The summed E-state index contributed by atoms with van der Waals surface area (Å²) < 4.78 is 4.93. The van der Waals surface area contributed by atoms with E-state index in [1.807, 2.05) is 0 Å². The Labute approximate surface area is 117 Å². The van der Waals surface area contributed by atoms with E-state index < -0.39 is 0 Å². The second-order valence-electron chi connectivity index (χ2n) is 4.67. The predicted octanol–water partition coefficient (Wildman–Crippen LogP) is 4.08. The molecule has 0 fully saturated rings. The quantitative estimate of drug-likeness (QED) is 0.232. The van der Waals surface area contributed by atoms with Crippen molar-refractivity contribution in [1.29, 1.82) is 0 Å². The lowest BCUT2D eigenvalue weighted by Crippen LogP contribution is -2.17. The van der Waals surface area contributed by atoms with Gasteiger partial charge in [-0.05, 0) is 13.3 Å². The monoisotopic (exact) mass is 271 g/mol. The lowest BCUT2D eigenvalue weighted by atomic mass is 10.1. The van der Waals surface area contributed by atoms with E-state index in [-0.39, 0.29) is 5.97 Å². The molecule has 0 radical (unpaired) electrons. The number of nitrogens with zero attached hydrogens (tertiary/aromatic N) is 1. The van der Waals surface area contributed by atoms with Crippen LogP contribution in [0.5, 0.6) is 0 Å². The Morgan fingerprint density at radius 3 is 2.05 bits per heavy atom. The Hall–Kier alpha value is -1.06. The molecule has 0 aliphatic carbocycles. The van der Waals surface area contributed by atoms with Crippen LogP contribution in [0.3, 0.4) is 0 Å². The average molecular weight is 271 g/mol. The molecule has 0 aliphatic heterocycles. The summed E-state index contributed by atoms with van der Waals surface area (Å²) in [6, 6.07) is 0. The zero-order valence-corrected chi connectivity index (χ0v) is 12.7. The largest absolute Gasteiger partial charge is 0.461 e. The number of carbonyl (C=O) groups is 1. The van der Waals surface area contributed by atoms with Gasteiger partial charge in [0.25, 0.3) is 0 Å². The van der Waals surface area contributed by atoms with E-state index in [0.29, 0.717) is 18.7 Å². The normalized spacial score (nSPS) is 11.4. The lowest BCUT2D eigenvalue weighted by molar-refractivity contribution is -0.135. The number of carbonyl (C=O) groups excluding carboxylic acids is 1. The van der Waals surface area contributed by atoms with Gasteiger partial charge in [-0.2, -0.15) is 0 Å². The third-order valence-corrected chi connectivity index (χ3v) is 2.98. The highest BCUT2D eigenvalue weighted by Gasteiger charge is 2.12. The van der Waals surface area contributed by atoms with Crippen LogP contribution in [0.2, 0.25) is 0 Å². The lowest BCUT2D eigenvalue weighted by Gasteiger charge is -2.05. The Morgan fingerprint density at radius 2 is 1.53 bits per heavy atom. The zero-order valence-electron chi connectivity index (χ0n) is 12.7. The molecule has 0 amide bonds. The van der Waals surface area contributed by atoms with Crippen LogP contribution in [0.25, 0.3) is 0 Å². The molecule has 0 saturated carbocycles. The summed E-state index contributed by atoms with van der Waals surface area (Å²) in [7, 11) is 1.45. The van der Waals surface area contributed by atoms with E-state index in [1.54, 1.807) is 6.92 Å². The maximum Gasteiger partial charge on any atom is 0.356 e. The van der Waals surface area contributed by atoms with Crippen molar-refractivity contribution >= 4 is 11.7 Å². The van der Waals surface area contributed by atoms with Gasteiger partial charge >= 0.3 is 5.97 Å². The fourth-order valence-electron chi connectivity index (χ4n) is 1.94. The van der Waals surface area contributed by atoms with E-state index in [9.17, 15) is 4.79 Å². The summed E-state index contributed by atoms with van der Waals surface area (Å²) in [5.74, 6) is -0.354. The van der Waals surface area contributed by atoms with E-state index in [2.05, 4.69) is 16.9 Å². The topological polar surface area (TPSA) is 47.9 Å². The number of hydrogen-bond acceptors (Lipinski definition) is 4. The van der Waals surface area contributed by atoms with Crippen LogP contribution in [0.1, 0.15) is 71.6 Å². The van der Waals surface area contributed by atoms with Crippen molar-refractivity contribution in [3.8, 4) is 0 Å². The van der Waals surface area contributed by atoms with Gasteiger partial charge in [-0.15, -0.1) is 0 Å². The van der Waals surface area contributed by atoms with Gasteiger partial charge in [-0.1, -0.05) is 57.0 Å². The summed E-state index contributed by atoms with van der Waals surface area (Å²) in [4.78, 5) is 16.2. The van der Waals surface area contributed by atoms with Crippen molar-refractivity contribution in [2.75, 3.05) is 13.7 Å². The fourth-order valence-corrected chi connectivity index (χ4v) is 1.94. The molecule has 0 aromatic heterocycles. The SMILES string of the molecule is CCCCCCCCCC/C(=N\OC)C(=O)OCC. The predicted molar refractivity (Wildman–Crippen MR) is 78.3 cm³/mol. The van der Waals surface area contributed by atoms with Gasteiger partial charge in [0.05, 0.1) is 6.61 Å². The van der Waals surface area contributed by atoms with Gasteiger partial charge in [0, 0.05) is 6.42 Å². The Balaban J connectivity index is 3.65. The van der Waals surface area contributed by atoms with Crippen molar-refractivity contribution in [2.24, 2.45) is 5.16 Å². The van der Waals surface area contributed by atoms with Gasteiger partial charge in [0.15, 0.2) is 5.71 Å². The molecule has 0 rings (SSSR count). The van der Waals surface area contributed by atoms with Crippen molar-refractivity contribution in [2.45, 2.75) is 71.6 Å². The second kappa shape index (κ2) is 13.4. The highest BCUT2D eigenvalue weighted by Crippen LogP contribution is 2.10. The first-order valence-electron chi connectivity index (χ1n) is 7.53. The minimum atomic E-state index is -0.354. The molecule has 0 unspecified atom stereocenters. The Morgan fingerprint density at radius 1 is 0.947 bits per heavy atom. The third-order valence-electron chi connectivity index (χ3n) is 2.98. The molecule has 4 nitrogen and oxygen atoms in total. The van der Waals surface area contributed by atoms with Gasteiger partial charge in [0.1, 0.15) is 7.11 Å². The van der Waals surface area contributed by atoms with Crippen LogP contribution in [-0.2, 0) is 14.4 Å². The molecule has 112 valence electrons. The third kappa shape index (κ3) is 10.5. The maximum absolute atomic E-state index is 11.5. The van der Waals surface area contributed by atoms with Crippen LogP contribution in [0.15, 0.2) is 5.16 Å². The van der Waals surface area contributed by atoms with Gasteiger partial charge in [-0.3, -0.25) is 0 Å². The summed E-state index contributed by atoms with van der Waals surface area (Å²) in [5.41, 5.74) is 0.398. The van der Waals surface area contributed by atoms with Crippen molar-refractivity contribution in [1.82, 2.24) is 0 Å². The molecule has 19 heavy (non-hydrogen) atoms. The maximum atomic E-state index is 11.5. The minimum Gasteiger partial charge on any atom is -0.461 e. The molecule has 0 N–H and O–H groups in total. The van der Waals surface area contributed by atoms with E-state index >= 15 is 0 Å². The highest BCUT2D eigenvalue weighted by atomic mass is 16.6. The van der Waals surface area contributed by atoms with E-state index in [0.717, 1.165) is 12.8 Å². The van der Waals surface area contributed by atoms with Gasteiger partial charge in [-0.25, -0.2) is 4.79 Å². The molecule has 0 heterocycles. The molecule has 0 spiro atoms. The van der Waals surface area contributed by atoms with Crippen LogP contribution < -0.4 is 0 Å². The molecule has 0 atom stereocenters.